The molecule has 4 heteroatoms. The Kier molecular flexibility index (Phi) is 3.57. The summed E-state index contributed by atoms with van der Waals surface area (Å²) in [6, 6.07) is 7.79. The average molecular weight is 239 g/mol. The molecule has 84 valence electrons. The van der Waals surface area contributed by atoms with Crippen LogP contribution in [0.15, 0.2) is 36.8 Å². The number of hydrogen-bond donors (Lipinski definition) is 0. The molecule has 2 nitrogen and oxygen atoms in total. The van der Waals surface area contributed by atoms with E-state index in [9.17, 15) is 4.39 Å². The van der Waals surface area contributed by atoms with E-state index < -0.39 is 5.95 Å². The maximum atomic E-state index is 12.6. The lowest BCUT2D eigenvalue weighted by Crippen LogP contribution is -1.96. The van der Waals surface area contributed by atoms with Crippen LogP contribution in [0.3, 0.4) is 0 Å². The summed E-state index contributed by atoms with van der Waals surface area (Å²) in [5.74, 6) is -0.425. The lowest BCUT2D eigenvalue weighted by molar-refractivity contribution is 0.583. The quantitative estimate of drug-likeness (QED) is 0.799. The highest BCUT2D eigenvalue weighted by molar-refractivity contribution is 6.30. The van der Waals surface area contributed by atoms with E-state index in [1.165, 1.54) is 18.1 Å². The molecule has 1 aromatic heterocycles. The summed E-state index contributed by atoms with van der Waals surface area (Å²) in [6.07, 6.45) is 4.83. The van der Waals surface area contributed by atoms with Gasteiger partial charge in [-0.15, -0.1) is 0 Å². The van der Waals surface area contributed by atoms with Crippen LogP contribution in [0.25, 0.3) is 0 Å². The van der Waals surface area contributed by atoms with E-state index in [2.05, 4.69) is 4.98 Å². The normalized spacial score (nSPS) is 10.6. The Morgan fingerprint density at radius 3 is 2.62 bits per heavy atom. The van der Waals surface area contributed by atoms with Crippen LogP contribution >= 0.6 is 11.6 Å². The Morgan fingerprint density at radius 1 is 1.25 bits per heavy atom. The van der Waals surface area contributed by atoms with E-state index in [1.807, 2.05) is 24.3 Å². The zero-order valence-electron chi connectivity index (χ0n) is 8.74. The monoisotopic (exact) mass is 238 g/mol. The van der Waals surface area contributed by atoms with E-state index >= 15 is 0 Å². The first kappa shape index (κ1) is 11.1. The Morgan fingerprint density at radius 2 is 2.00 bits per heavy atom. The van der Waals surface area contributed by atoms with E-state index in [1.54, 1.807) is 4.57 Å². The van der Waals surface area contributed by atoms with Gasteiger partial charge in [-0.05, 0) is 30.5 Å². The molecule has 0 aliphatic rings. The van der Waals surface area contributed by atoms with Crippen molar-refractivity contribution in [2.45, 2.75) is 19.4 Å². The first-order valence-corrected chi connectivity index (χ1v) is 5.53. The number of benzene rings is 1. The van der Waals surface area contributed by atoms with Gasteiger partial charge < -0.3 is 4.57 Å². The molecule has 0 aliphatic carbocycles. The molecule has 0 amide bonds. The molecule has 0 unspecified atom stereocenters. The minimum absolute atomic E-state index is 0.425. The van der Waals surface area contributed by atoms with Crippen molar-refractivity contribution < 1.29 is 4.39 Å². The van der Waals surface area contributed by atoms with Gasteiger partial charge in [0.1, 0.15) is 0 Å². The van der Waals surface area contributed by atoms with Gasteiger partial charge in [-0.1, -0.05) is 23.7 Å². The highest BCUT2D eigenvalue weighted by atomic mass is 35.5. The number of aromatic nitrogens is 2. The molecule has 0 saturated carbocycles. The number of halogens is 2. The van der Waals surface area contributed by atoms with Gasteiger partial charge in [-0.3, -0.25) is 0 Å². The molecule has 0 fully saturated rings. The number of imidazole rings is 1. The van der Waals surface area contributed by atoms with Crippen molar-refractivity contribution in [3.8, 4) is 0 Å². The Bertz CT molecular complexity index is 450. The van der Waals surface area contributed by atoms with Crippen molar-refractivity contribution in [1.29, 1.82) is 0 Å². The maximum Gasteiger partial charge on any atom is 0.230 e. The molecule has 2 aromatic rings. The summed E-state index contributed by atoms with van der Waals surface area (Å²) in [5.41, 5.74) is 1.24. The summed E-state index contributed by atoms with van der Waals surface area (Å²) in [6.45, 7) is 0.777. The van der Waals surface area contributed by atoms with Crippen molar-refractivity contribution in [2.24, 2.45) is 0 Å². The van der Waals surface area contributed by atoms with Gasteiger partial charge in [0, 0.05) is 11.6 Å². The average Bonchev–Trinajstić information content (AvgIpc) is 2.67. The summed E-state index contributed by atoms with van der Waals surface area (Å²) in [7, 11) is 0. The van der Waals surface area contributed by atoms with Crippen molar-refractivity contribution in [2.75, 3.05) is 0 Å². The lowest BCUT2D eigenvalue weighted by atomic mass is 10.1. The van der Waals surface area contributed by atoms with Crippen LogP contribution in [0.2, 0.25) is 5.02 Å². The van der Waals surface area contributed by atoms with Crippen LogP contribution in [0.1, 0.15) is 12.0 Å². The standard InChI is InChI=1S/C12H12ClFN2/c13-11-5-3-10(4-6-11)2-1-7-16-8-12(14)15-9-16/h3-6,8-9H,1-2,7H2. The molecule has 0 atom stereocenters. The fraction of sp³-hybridized carbons (Fsp3) is 0.250. The highest BCUT2D eigenvalue weighted by Crippen LogP contribution is 2.11. The second-order valence-corrected chi connectivity index (χ2v) is 4.10. The second kappa shape index (κ2) is 5.12. The summed E-state index contributed by atoms with van der Waals surface area (Å²) in [4.78, 5) is 3.53. The van der Waals surface area contributed by atoms with Crippen molar-refractivity contribution in [3.05, 3.63) is 53.3 Å². The van der Waals surface area contributed by atoms with Gasteiger partial charge >= 0.3 is 0 Å². The third-order valence-corrected chi connectivity index (χ3v) is 2.65. The number of hydrogen-bond acceptors (Lipinski definition) is 1. The van der Waals surface area contributed by atoms with Crippen LogP contribution < -0.4 is 0 Å². The van der Waals surface area contributed by atoms with E-state index in [0.29, 0.717) is 0 Å². The van der Waals surface area contributed by atoms with E-state index in [-0.39, 0.29) is 0 Å². The zero-order chi connectivity index (χ0) is 11.4. The second-order valence-electron chi connectivity index (χ2n) is 3.66. The first-order valence-electron chi connectivity index (χ1n) is 5.16. The predicted molar refractivity (Wildman–Crippen MR) is 62.0 cm³/mol. The zero-order valence-corrected chi connectivity index (χ0v) is 9.49. The molecular formula is C12H12ClFN2. The van der Waals surface area contributed by atoms with Gasteiger partial charge in [-0.2, -0.15) is 4.39 Å². The molecule has 0 bridgehead atoms. The van der Waals surface area contributed by atoms with Gasteiger partial charge in [0.2, 0.25) is 5.95 Å². The van der Waals surface area contributed by atoms with Crippen LogP contribution in [-0.4, -0.2) is 9.55 Å². The van der Waals surface area contributed by atoms with E-state index in [4.69, 9.17) is 11.6 Å². The fourth-order valence-electron chi connectivity index (χ4n) is 1.57. The Labute approximate surface area is 98.7 Å². The number of nitrogens with zero attached hydrogens (tertiary/aromatic N) is 2. The van der Waals surface area contributed by atoms with Gasteiger partial charge in [0.05, 0.1) is 12.5 Å². The number of aryl methyl sites for hydroxylation is 2. The highest BCUT2D eigenvalue weighted by Gasteiger charge is 1.97. The van der Waals surface area contributed by atoms with Crippen LogP contribution in [0.4, 0.5) is 4.39 Å². The van der Waals surface area contributed by atoms with E-state index in [0.717, 1.165) is 24.4 Å². The molecule has 0 radical (unpaired) electrons. The van der Waals surface area contributed by atoms with Crippen LogP contribution in [0.5, 0.6) is 0 Å². The minimum atomic E-state index is -0.425. The maximum absolute atomic E-state index is 12.6. The van der Waals surface area contributed by atoms with Gasteiger partial charge in [-0.25, -0.2) is 4.98 Å². The fourth-order valence-corrected chi connectivity index (χ4v) is 1.70. The molecular weight excluding hydrogens is 227 g/mol. The van der Waals surface area contributed by atoms with Crippen molar-refractivity contribution in [3.63, 3.8) is 0 Å². The third kappa shape index (κ3) is 3.07. The molecule has 0 aliphatic heterocycles. The first-order chi connectivity index (χ1) is 7.74. The topological polar surface area (TPSA) is 17.8 Å². The largest absolute Gasteiger partial charge is 0.335 e. The molecule has 2 rings (SSSR count). The molecule has 0 N–H and O–H groups in total. The summed E-state index contributed by atoms with van der Waals surface area (Å²) >= 11 is 5.79. The number of rotatable bonds is 4. The lowest BCUT2D eigenvalue weighted by Gasteiger charge is -2.02. The predicted octanol–water partition coefficient (Wildman–Crippen LogP) is 3.31. The SMILES string of the molecule is Fc1cn(CCCc2ccc(Cl)cc2)cn1. The summed E-state index contributed by atoms with van der Waals surface area (Å²) in [5, 5.41) is 0.750. The van der Waals surface area contributed by atoms with Crippen LogP contribution in [0, 0.1) is 5.95 Å². The van der Waals surface area contributed by atoms with Crippen molar-refractivity contribution in [1.82, 2.24) is 9.55 Å². The van der Waals surface area contributed by atoms with Crippen molar-refractivity contribution >= 4 is 11.6 Å². The molecule has 1 heterocycles. The summed E-state index contributed by atoms with van der Waals surface area (Å²) < 4.78 is 14.3. The smallest absolute Gasteiger partial charge is 0.230 e. The Hall–Kier alpha value is -1.35. The molecule has 0 spiro atoms. The molecule has 16 heavy (non-hydrogen) atoms. The van der Waals surface area contributed by atoms with Gasteiger partial charge in [0.25, 0.3) is 0 Å². The van der Waals surface area contributed by atoms with Crippen LogP contribution in [-0.2, 0) is 13.0 Å². The minimum Gasteiger partial charge on any atom is -0.335 e. The Balaban J connectivity index is 1.82. The molecule has 1 aromatic carbocycles. The third-order valence-electron chi connectivity index (χ3n) is 2.40. The van der Waals surface area contributed by atoms with Gasteiger partial charge in [0.15, 0.2) is 0 Å². The molecule has 0 saturated heterocycles.